The maximum Gasteiger partial charge on any atom is 0.320 e. The van der Waals surface area contributed by atoms with E-state index < -0.39 is 5.97 Å². The van der Waals surface area contributed by atoms with Gasteiger partial charge in [-0.3, -0.25) is 9.69 Å². The second-order valence-corrected chi connectivity index (χ2v) is 5.33. The standard InChI is InChI=1S/C12H23NO3/c1-5-10(11(14)15)13-6-9(7-16-4)12(2,3)8-13/h9-10H,5-8H2,1-4H3,(H,14,15)/t9-,10-/m1/s1. The van der Waals surface area contributed by atoms with Crippen LogP contribution in [0.3, 0.4) is 0 Å². The predicted octanol–water partition coefficient (Wildman–Crippen LogP) is 1.45. The normalized spacial score (nSPS) is 26.9. The summed E-state index contributed by atoms with van der Waals surface area (Å²) in [6, 6.07) is -0.346. The fraction of sp³-hybridized carbons (Fsp3) is 0.917. The lowest BCUT2D eigenvalue weighted by atomic mass is 9.83. The Morgan fingerprint density at radius 1 is 1.62 bits per heavy atom. The number of ether oxygens (including phenoxy) is 1. The van der Waals surface area contributed by atoms with Gasteiger partial charge >= 0.3 is 5.97 Å². The van der Waals surface area contributed by atoms with Crippen molar-refractivity contribution in [3.8, 4) is 0 Å². The summed E-state index contributed by atoms with van der Waals surface area (Å²) in [4.78, 5) is 13.2. The number of carboxylic acids is 1. The molecule has 1 aliphatic rings. The molecule has 4 nitrogen and oxygen atoms in total. The molecule has 1 rings (SSSR count). The maximum atomic E-state index is 11.1. The van der Waals surface area contributed by atoms with Crippen molar-refractivity contribution in [2.24, 2.45) is 11.3 Å². The fourth-order valence-electron chi connectivity index (χ4n) is 2.55. The predicted molar refractivity (Wildman–Crippen MR) is 62.4 cm³/mol. The number of hydrogen-bond donors (Lipinski definition) is 1. The van der Waals surface area contributed by atoms with Gasteiger partial charge in [0, 0.05) is 26.1 Å². The highest BCUT2D eigenvalue weighted by Crippen LogP contribution is 2.36. The zero-order valence-electron chi connectivity index (χ0n) is 10.7. The summed E-state index contributed by atoms with van der Waals surface area (Å²) in [6.45, 7) is 8.67. The highest BCUT2D eigenvalue weighted by molar-refractivity contribution is 5.73. The third-order valence-electron chi connectivity index (χ3n) is 3.65. The zero-order chi connectivity index (χ0) is 12.3. The molecule has 1 fully saturated rings. The molecular formula is C12H23NO3. The van der Waals surface area contributed by atoms with Gasteiger partial charge in [-0.25, -0.2) is 0 Å². The molecule has 94 valence electrons. The monoisotopic (exact) mass is 229 g/mol. The van der Waals surface area contributed by atoms with Gasteiger partial charge in [-0.1, -0.05) is 20.8 Å². The lowest BCUT2D eigenvalue weighted by molar-refractivity contribution is -0.143. The second kappa shape index (κ2) is 5.15. The Kier molecular flexibility index (Phi) is 4.33. The van der Waals surface area contributed by atoms with Gasteiger partial charge in [-0.2, -0.15) is 0 Å². The number of hydrogen-bond acceptors (Lipinski definition) is 3. The van der Waals surface area contributed by atoms with Crippen molar-refractivity contribution >= 4 is 5.97 Å². The lowest BCUT2D eigenvalue weighted by Crippen LogP contribution is -2.40. The molecule has 0 saturated carbocycles. The van der Waals surface area contributed by atoms with E-state index in [1.54, 1.807) is 7.11 Å². The molecule has 2 atom stereocenters. The van der Waals surface area contributed by atoms with E-state index in [2.05, 4.69) is 18.7 Å². The number of rotatable bonds is 5. The van der Waals surface area contributed by atoms with Crippen molar-refractivity contribution in [2.45, 2.75) is 33.2 Å². The summed E-state index contributed by atoms with van der Waals surface area (Å²) < 4.78 is 5.21. The smallest absolute Gasteiger partial charge is 0.320 e. The molecule has 0 radical (unpaired) electrons. The zero-order valence-corrected chi connectivity index (χ0v) is 10.7. The van der Waals surface area contributed by atoms with E-state index in [4.69, 9.17) is 9.84 Å². The summed E-state index contributed by atoms with van der Waals surface area (Å²) >= 11 is 0. The van der Waals surface area contributed by atoms with E-state index in [-0.39, 0.29) is 11.5 Å². The number of methoxy groups -OCH3 is 1. The molecule has 0 spiro atoms. The molecule has 1 heterocycles. The Hall–Kier alpha value is -0.610. The van der Waals surface area contributed by atoms with Crippen LogP contribution in [0.4, 0.5) is 0 Å². The first-order valence-corrected chi connectivity index (χ1v) is 5.88. The first kappa shape index (κ1) is 13.5. The first-order valence-electron chi connectivity index (χ1n) is 5.88. The number of likely N-dealkylation sites (tertiary alicyclic amines) is 1. The van der Waals surface area contributed by atoms with Crippen LogP contribution in [-0.4, -0.2) is 48.8 Å². The van der Waals surface area contributed by atoms with Crippen LogP contribution in [-0.2, 0) is 9.53 Å². The second-order valence-electron chi connectivity index (χ2n) is 5.33. The van der Waals surface area contributed by atoms with Crippen LogP contribution in [0.15, 0.2) is 0 Å². The minimum absolute atomic E-state index is 0.138. The van der Waals surface area contributed by atoms with E-state index in [1.165, 1.54) is 0 Å². The Bertz CT molecular complexity index is 253. The van der Waals surface area contributed by atoms with E-state index in [0.29, 0.717) is 18.9 Å². The van der Waals surface area contributed by atoms with Gasteiger partial charge in [-0.15, -0.1) is 0 Å². The van der Waals surface area contributed by atoms with Crippen molar-refractivity contribution < 1.29 is 14.6 Å². The molecule has 1 N–H and O–H groups in total. The van der Waals surface area contributed by atoms with Crippen LogP contribution in [0, 0.1) is 11.3 Å². The Morgan fingerprint density at radius 2 is 2.25 bits per heavy atom. The van der Waals surface area contributed by atoms with Crippen LogP contribution < -0.4 is 0 Å². The van der Waals surface area contributed by atoms with Crippen LogP contribution in [0.2, 0.25) is 0 Å². The van der Waals surface area contributed by atoms with Crippen molar-refractivity contribution in [1.29, 1.82) is 0 Å². The Labute approximate surface area is 97.6 Å². The van der Waals surface area contributed by atoms with Gasteiger partial charge in [-0.05, 0) is 11.8 Å². The highest BCUT2D eigenvalue weighted by Gasteiger charge is 2.42. The summed E-state index contributed by atoms with van der Waals surface area (Å²) in [5.74, 6) is -0.290. The van der Waals surface area contributed by atoms with Crippen LogP contribution in [0.25, 0.3) is 0 Å². The number of carbonyl (C=O) groups is 1. The van der Waals surface area contributed by atoms with Crippen LogP contribution in [0.5, 0.6) is 0 Å². The van der Waals surface area contributed by atoms with E-state index >= 15 is 0 Å². The number of aliphatic carboxylic acids is 1. The SMILES string of the molecule is CC[C@H](C(=O)O)N1C[C@H](COC)C(C)(C)C1. The maximum absolute atomic E-state index is 11.1. The van der Waals surface area contributed by atoms with E-state index in [0.717, 1.165) is 13.1 Å². The van der Waals surface area contributed by atoms with Gasteiger partial charge in [0.05, 0.1) is 6.61 Å². The number of nitrogens with zero attached hydrogens (tertiary/aromatic N) is 1. The largest absolute Gasteiger partial charge is 0.480 e. The molecule has 1 aliphatic heterocycles. The average molecular weight is 229 g/mol. The minimum Gasteiger partial charge on any atom is -0.480 e. The molecular weight excluding hydrogens is 206 g/mol. The Balaban J connectivity index is 2.70. The average Bonchev–Trinajstić information content (AvgIpc) is 2.43. The topological polar surface area (TPSA) is 49.8 Å². The molecule has 0 aliphatic carbocycles. The van der Waals surface area contributed by atoms with Crippen molar-refractivity contribution in [3.05, 3.63) is 0 Å². The third kappa shape index (κ3) is 2.74. The van der Waals surface area contributed by atoms with Gasteiger partial charge in [0.2, 0.25) is 0 Å². The molecule has 1 saturated heterocycles. The van der Waals surface area contributed by atoms with Crippen molar-refractivity contribution in [1.82, 2.24) is 4.90 Å². The molecule has 0 unspecified atom stereocenters. The van der Waals surface area contributed by atoms with Crippen LogP contribution >= 0.6 is 0 Å². The summed E-state index contributed by atoms with van der Waals surface area (Å²) in [7, 11) is 1.70. The summed E-state index contributed by atoms with van der Waals surface area (Å²) in [5.41, 5.74) is 0.138. The molecule has 0 bridgehead atoms. The summed E-state index contributed by atoms with van der Waals surface area (Å²) in [5, 5.41) is 9.15. The van der Waals surface area contributed by atoms with Crippen molar-refractivity contribution in [2.75, 3.05) is 26.8 Å². The molecule has 4 heteroatoms. The first-order chi connectivity index (χ1) is 7.42. The molecule has 0 aromatic carbocycles. The van der Waals surface area contributed by atoms with Gasteiger partial charge < -0.3 is 9.84 Å². The van der Waals surface area contributed by atoms with Gasteiger partial charge in [0.25, 0.3) is 0 Å². The quantitative estimate of drug-likeness (QED) is 0.775. The van der Waals surface area contributed by atoms with E-state index in [9.17, 15) is 4.79 Å². The summed E-state index contributed by atoms with van der Waals surface area (Å²) in [6.07, 6.45) is 0.658. The van der Waals surface area contributed by atoms with Gasteiger partial charge in [0.1, 0.15) is 6.04 Å². The number of carboxylic acid groups (broad SMARTS) is 1. The minimum atomic E-state index is -0.712. The molecule has 16 heavy (non-hydrogen) atoms. The molecule has 0 aromatic heterocycles. The third-order valence-corrected chi connectivity index (χ3v) is 3.65. The fourth-order valence-corrected chi connectivity index (χ4v) is 2.55. The van der Waals surface area contributed by atoms with Gasteiger partial charge in [0.15, 0.2) is 0 Å². The van der Waals surface area contributed by atoms with Crippen molar-refractivity contribution in [3.63, 3.8) is 0 Å². The Morgan fingerprint density at radius 3 is 2.69 bits per heavy atom. The highest BCUT2D eigenvalue weighted by atomic mass is 16.5. The molecule has 0 aromatic rings. The van der Waals surface area contributed by atoms with Crippen LogP contribution in [0.1, 0.15) is 27.2 Å². The molecule has 0 amide bonds. The van der Waals surface area contributed by atoms with E-state index in [1.807, 2.05) is 6.92 Å². The lowest BCUT2D eigenvalue weighted by Gasteiger charge is -2.25.